The lowest BCUT2D eigenvalue weighted by Gasteiger charge is -2.15. The topological polar surface area (TPSA) is 129 Å². The number of H-pyrrole nitrogens is 1. The number of hydrogen-bond donors (Lipinski definition) is 2. The molecule has 0 unspecified atom stereocenters. The van der Waals surface area contributed by atoms with E-state index in [1.165, 1.54) is 7.11 Å². The van der Waals surface area contributed by atoms with Gasteiger partial charge in [-0.1, -0.05) is 0 Å². The molecule has 0 radical (unpaired) electrons. The van der Waals surface area contributed by atoms with E-state index in [0.717, 1.165) is 22.4 Å². The second-order valence-corrected chi connectivity index (χ2v) is 7.79. The predicted octanol–water partition coefficient (Wildman–Crippen LogP) is 3.11. The van der Waals surface area contributed by atoms with Crippen LogP contribution in [0.2, 0.25) is 0 Å². The highest BCUT2D eigenvalue weighted by molar-refractivity contribution is 5.87. The fourth-order valence-corrected chi connectivity index (χ4v) is 3.63. The molecule has 0 saturated carbocycles. The smallest absolute Gasteiger partial charge is 0.305 e. The zero-order chi connectivity index (χ0) is 25.4. The minimum absolute atomic E-state index is 0.0251. The number of methoxy groups -OCH3 is 2. The molecular weight excluding hydrogens is 456 g/mol. The van der Waals surface area contributed by atoms with Gasteiger partial charge in [-0.05, 0) is 37.1 Å². The standard InChI is InChI=1S/C25H30N2O8/c1-15-11-17(12-16(2)23(15)35-10-9-34-8-7-33-6-5-21(28)29)24-26-19-13-18(31-3)14-20(32-4)22(19)25(30)27-24/h11-14H,5-10H2,1-4H3,(H,28,29)(H,26,27,30). The first-order valence-corrected chi connectivity index (χ1v) is 11.1. The number of aromatic nitrogens is 2. The Kier molecular flexibility index (Phi) is 9.04. The molecule has 10 nitrogen and oxygen atoms in total. The van der Waals surface area contributed by atoms with Crippen molar-refractivity contribution in [2.24, 2.45) is 0 Å². The zero-order valence-electron chi connectivity index (χ0n) is 20.3. The summed E-state index contributed by atoms with van der Waals surface area (Å²) in [6, 6.07) is 7.16. The molecule has 0 atom stereocenters. The Labute approximate surface area is 202 Å². The average molecular weight is 487 g/mol. The number of ether oxygens (including phenoxy) is 5. The van der Waals surface area contributed by atoms with E-state index in [2.05, 4.69) is 9.97 Å². The molecule has 0 saturated heterocycles. The molecule has 1 aromatic heterocycles. The fourth-order valence-electron chi connectivity index (χ4n) is 3.63. The van der Waals surface area contributed by atoms with Crippen molar-refractivity contribution < 1.29 is 33.6 Å². The molecule has 3 rings (SSSR count). The number of fused-ring (bicyclic) bond motifs is 1. The molecule has 0 fully saturated rings. The summed E-state index contributed by atoms with van der Waals surface area (Å²) >= 11 is 0. The predicted molar refractivity (Wildman–Crippen MR) is 130 cm³/mol. The summed E-state index contributed by atoms with van der Waals surface area (Å²) in [5.74, 6) is 1.22. The molecule has 188 valence electrons. The Morgan fingerprint density at radius 1 is 0.943 bits per heavy atom. The van der Waals surface area contributed by atoms with Crippen molar-refractivity contribution in [3.8, 4) is 28.6 Å². The first-order chi connectivity index (χ1) is 16.8. The van der Waals surface area contributed by atoms with Gasteiger partial charge in [-0.3, -0.25) is 9.59 Å². The van der Waals surface area contributed by atoms with Crippen molar-refractivity contribution in [1.29, 1.82) is 0 Å². The van der Waals surface area contributed by atoms with Crippen LogP contribution >= 0.6 is 0 Å². The summed E-state index contributed by atoms with van der Waals surface area (Å²) in [6.07, 6.45) is -0.0251. The van der Waals surface area contributed by atoms with Crippen molar-refractivity contribution in [2.75, 3.05) is 47.3 Å². The summed E-state index contributed by atoms with van der Waals surface area (Å²) in [5, 5.41) is 8.92. The van der Waals surface area contributed by atoms with E-state index in [1.807, 2.05) is 26.0 Å². The van der Waals surface area contributed by atoms with Crippen LogP contribution in [0, 0.1) is 13.8 Å². The Hall–Kier alpha value is -3.63. The van der Waals surface area contributed by atoms with Gasteiger partial charge in [-0.2, -0.15) is 0 Å². The number of nitrogens with zero attached hydrogens (tertiary/aromatic N) is 1. The third kappa shape index (κ3) is 6.71. The number of carboxylic acid groups (broad SMARTS) is 1. The Balaban J connectivity index is 1.67. The third-order valence-corrected chi connectivity index (χ3v) is 5.24. The van der Waals surface area contributed by atoms with Gasteiger partial charge in [-0.25, -0.2) is 4.98 Å². The van der Waals surface area contributed by atoms with E-state index >= 15 is 0 Å². The van der Waals surface area contributed by atoms with Gasteiger partial charge < -0.3 is 33.8 Å². The molecule has 0 aliphatic carbocycles. The van der Waals surface area contributed by atoms with Crippen LogP contribution in [-0.2, 0) is 14.3 Å². The average Bonchev–Trinajstić information content (AvgIpc) is 2.82. The largest absolute Gasteiger partial charge is 0.497 e. The van der Waals surface area contributed by atoms with Gasteiger partial charge in [0, 0.05) is 17.7 Å². The molecule has 0 amide bonds. The maximum atomic E-state index is 12.8. The SMILES string of the molecule is COc1cc(OC)c2c(=O)[nH]c(-c3cc(C)c(OCCOCCOCCC(=O)O)c(C)c3)nc2c1. The Bertz CT molecular complexity index is 1220. The summed E-state index contributed by atoms with van der Waals surface area (Å²) in [4.78, 5) is 30.7. The first kappa shape index (κ1) is 26.0. The Morgan fingerprint density at radius 3 is 2.23 bits per heavy atom. The number of hydrogen-bond acceptors (Lipinski definition) is 8. The van der Waals surface area contributed by atoms with Gasteiger partial charge in [0.25, 0.3) is 5.56 Å². The van der Waals surface area contributed by atoms with Crippen molar-refractivity contribution in [2.45, 2.75) is 20.3 Å². The van der Waals surface area contributed by atoms with E-state index in [-0.39, 0.29) is 18.6 Å². The molecule has 0 spiro atoms. The van der Waals surface area contributed by atoms with Crippen LogP contribution in [0.3, 0.4) is 0 Å². The lowest BCUT2D eigenvalue weighted by molar-refractivity contribution is -0.138. The number of aliphatic carboxylic acids is 1. The molecule has 35 heavy (non-hydrogen) atoms. The van der Waals surface area contributed by atoms with E-state index in [0.29, 0.717) is 54.7 Å². The Morgan fingerprint density at radius 2 is 1.60 bits per heavy atom. The second kappa shape index (κ2) is 12.2. The van der Waals surface area contributed by atoms with E-state index < -0.39 is 5.97 Å². The van der Waals surface area contributed by atoms with Gasteiger partial charge in [0.05, 0.1) is 52.6 Å². The molecule has 0 aliphatic rings. The molecule has 3 aromatic rings. The zero-order valence-corrected chi connectivity index (χ0v) is 20.3. The second-order valence-electron chi connectivity index (χ2n) is 7.79. The van der Waals surface area contributed by atoms with Gasteiger partial charge >= 0.3 is 5.97 Å². The van der Waals surface area contributed by atoms with Crippen LogP contribution in [0.15, 0.2) is 29.1 Å². The van der Waals surface area contributed by atoms with Crippen LogP contribution in [0.1, 0.15) is 17.5 Å². The summed E-state index contributed by atoms with van der Waals surface area (Å²) in [5.41, 5.74) is 2.71. The first-order valence-electron chi connectivity index (χ1n) is 11.1. The number of aryl methyl sites for hydroxylation is 2. The minimum Gasteiger partial charge on any atom is -0.497 e. The maximum absolute atomic E-state index is 12.8. The van der Waals surface area contributed by atoms with Crippen LogP contribution < -0.4 is 19.8 Å². The van der Waals surface area contributed by atoms with Crippen molar-refractivity contribution in [3.05, 3.63) is 45.7 Å². The van der Waals surface area contributed by atoms with E-state index in [4.69, 9.17) is 28.8 Å². The third-order valence-electron chi connectivity index (χ3n) is 5.24. The molecule has 0 aliphatic heterocycles. The summed E-state index contributed by atoms with van der Waals surface area (Å²) in [7, 11) is 3.04. The number of carbonyl (C=O) groups is 1. The quantitative estimate of drug-likeness (QED) is 0.350. The summed E-state index contributed by atoms with van der Waals surface area (Å²) < 4.78 is 27.2. The lowest BCUT2D eigenvalue weighted by atomic mass is 10.0. The summed E-state index contributed by atoms with van der Waals surface area (Å²) in [6.45, 7) is 5.42. The van der Waals surface area contributed by atoms with Crippen LogP contribution in [0.25, 0.3) is 22.3 Å². The lowest BCUT2D eigenvalue weighted by Crippen LogP contribution is -2.13. The highest BCUT2D eigenvalue weighted by Crippen LogP contribution is 2.31. The molecule has 0 bridgehead atoms. The number of benzene rings is 2. The maximum Gasteiger partial charge on any atom is 0.305 e. The van der Waals surface area contributed by atoms with Gasteiger partial charge in [0.1, 0.15) is 35.1 Å². The van der Waals surface area contributed by atoms with Crippen molar-refractivity contribution in [1.82, 2.24) is 9.97 Å². The van der Waals surface area contributed by atoms with Gasteiger partial charge in [-0.15, -0.1) is 0 Å². The molecule has 2 aromatic carbocycles. The number of rotatable bonds is 13. The highest BCUT2D eigenvalue weighted by Gasteiger charge is 2.15. The number of carboxylic acids is 1. The van der Waals surface area contributed by atoms with Crippen molar-refractivity contribution in [3.63, 3.8) is 0 Å². The molecule has 10 heteroatoms. The van der Waals surface area contributed by atoms with Crippen molar-refractivity contribution >= 4 is 16.9 Å². The van der Waals surface area contributed by atoms with Crippen LogP contribution in [-0.4, -0.2) is 68.3 Å². The number of aromatic amines is 1. The normalized spacial score (nSPS) is 11.0. The molecular formula is C25H30N2O8. The van der Waals surface area contributed by atoms with Gasteiger partial charge in [0.2, 0.25) is 0 Å². The highest BCUT2D eigenvalue weighted by atomic mass is 16.5. The molecule has 2 N–H and O–H groups in total. The monoisotopic (exact) mass is 486 g/mol. The van der Waals surface area contributed by atoms with Crippen LogP contribution in [0.4, 0.5) is 0 Å². The fraction of sp³-hybridized carbons (Fsp3) is 0.400. The minimum atomic E-state index is -0.890. The van der Waals surface area contributed by atoms with E-state index in [1.54, 1.807) is 19.2 Å². The van der Waals surface area contributed by atoms with Gasteiger partial charge in [0.15, 0.2) is 0 Å². The number of nitrogens with one attached hydrogen (secondary N) is 1. The van der Waals surface area contributed by atoms with E-state index in [9.17, 15) is 9.59 Å². The molecule has 1 heterocycles. The van der Waals surface area contributed by atoms with Crippen LogP contribution in [0.5, 0.6) is 17.2 Å².